The summed E-state index contributed by atoms with van der Waals surface area (Å²) in [6.07, 6.45) is -3.05. The van der Waals surface area contributed by atoms with E-state index in [0.29, 0.717) is 4.31 Å². The Morgan fingerprint density at radius 3 is 2.50 bits per heavy atom. The Morgan fingerprint density at radius 1 is 1.23 bits per heavy atom. The number of hydrazone groups is 1. The van der Waals surface area contributed by atoms with Crippen molar-refractivity contribution in [2.45, 2.75) is 6.18 Å². The van der Waals surface area contributed by atoms with Crippen molar-refractivity contribution in [2.24, 2.45) is 5.10 Å². The molecule has 160 valence electrons. The maximum atomic E-state index is 12.9. The number of amides is 1. The number of nitro benzene ring substituents is 1. The van der Waals surface area contributed by atoms with Gasteiger partial charge in [0, 0.05) is 17.7 Å². The molecule has 0 saturated carbocycles. The lowest BCUT2D eigenvalue weighted by Crippen LogP contribution is -2.39. The molecular formula is C17H15F3N4O5S. The molecule has 0 aliphatic heterocycles. The third-order valence-corrected chi connectivity index (χ3v) is 4.82. The van der Waals surface area contributed by atoms with Gasteiger partial charge in [-0.1, -0.05) is 24.3 Å². The number of hydrogen-bond acceptors (Lipinski definition) is 6. The highest BCUT2D eigenvalue weighted by Crippen LogP contribution is 2.31. The number of carbonyl (C=O) groups is 1. The summed E-state index contributed by atoms with van der Waals surface area (Å²) in [5.74, 6) is -0.965. The van der Waals surface area contributed by atoms with E-state index in [0.717, 1.165) is 36.7 Å². The first-order valence-corrected chi connectivity index (χ1v) is 9.94. The van der Waals surface area contributed by atoms with Crippen molar-refractivity contribution < 1.29 is 31.3 Å². The summed E-state index contributed by atoms with van der Waals surface area (Å²) < 4.78 is 63.5. The van der Waals surface area contributed by atoms with Crippen LogP contribution in [0.1, 0.15) is 11.1 Å². The van der Waals surface area contributed by atoms with Crippen molar-refractivity contribution in [1.29, 1.82) is 0 Å². The van der Waals surface area contributed by atoms with Gasteiger partial charge in [-0.2, -0.15) is 18.3 Å². The summed E-state index contributed by atoms with van der Waals surface area (Å²) in [4.78, 5) is 22.2. The van der Waals surface area contributed by atoms with E-state index in [1.165, 1.54) is 24.3 Å². The van der Waals surface area contributed by atoms with E-state index in [1.54, 1.807) is 0 Å². The van der Waals surface area contributed by atoms with E-state index in [1.807, 2.05) is 5.43 Å². The van der Waals surface area contributed by atoms with E-state index in [4.69, 9.17) is 0 Å². The number of nitro groups is 1. The largest absolute Gasteiger partial charge is 0.417 e. The number of nitrogens with zero attached hydrogens (tertiary/aromatic N) is 3. The Hall–Kier alpha value is -3.48. The SMILES string of the molecule is CS(=O)(=O)N(CC(=O)N/N=C\c1ccccc1C(F)(F)F)c1cccc([N+](=O)[O-])c1. The van der Waals surface area contributed by atoms with Crippen LogP contribution in [0.2, 0.25) is 0 Å². The van der Waals surface area contributed by atoms with Gasteiger partial charge >= 0.3 is 6.18 Å². The quantitative estimate of drug-likeness (QED) is 0.400. The minimum Gasteiger partial charge on any atom is -0.271 e. The van der Waals surface area contributed by atoms with Crippen molar-refractivity contribution in [3.8, 4) is 0 Å². The number of carbonyl (C=O) groups excluding carboxylic acids is 1. The fourth-order valence-corrected chi connectivity index (χ4v) is 3.22. The number of hydrogen-bond donors (Lipinski definition) is 1. The van der Waals surface area contributed by atoms with Crippen molar-refractivity contribution in [3.63, 3.8) is 0 Å². The van der Waals surface area contributed by atoms with Gasteiger partial charge < -0.3 is 0 Å². The highest BCUT2D eigenvalue weighted by atomic mass is 32.2. The number of halogens is 3. The van der Waals surface area contributed by atoms with Gasteiger partial charge in [0.05, 0.1) is 28.6 Å². The summed E-state index contributed by atoms with van der Waals surface area (Å²) in [5.41, 5.74) is 0.163. The average molecular weight is 444 g/mol. The van der Waals surface area contributed by atoms with Crippen LogP contribution < -0.4 is 9.73 Å². The molecule has 0 aromatic heterocycles. The van der Waals surface area contributed by atoms with Gasteiger partial charge in [-0.3, -0.25) is 19.2 Å². The number of rotatable bonds is 7. The van der Waals surface area contributed by atoms with Gasteiger partial charge in [0.1, 0.15) is 6.54 Å². The molecule has 2 aromatic rings. The first-order valence-electron chi connectivity index (χ1n) is 8.10. The molecule has 0 aliphatic carbocycles. The number of nitrogens with one attached hydrogen (secondary N) is 1. The van der Waals surface area contributed by atoms with E-state index in [9.17, 15) is 36.5 Å². The van der Waals surface area contributed by atoms with Crippen molar-refractivity contribution >= 4 is 33.5 Å². The van der Waals surface area contributed by atoms with Crippen LogP contribution in [-0.4, -0.2) is 38.3 Å². The van der Waals surface area contributed by atoms with Crippen LogP contribution in [0.3, 0.4) is 0 Å². The lowest BCUT2D eigenvalue weighted by atomic mass is 10.1. The van der Waals surface area contributed by atoms with Gasteiger partial charge in [0.15, 0.2) is 0 Å². The number of anilines is 1. The molecule has 1 N–H and O–H groups in total. The van der Waals surface area contributed by atoms with E-state index in [2.05, 4.69) is 5.10 Å². The Kier molecular flexibility index (Phi) is 6.77. The third kappa shape index (κ3) is 6.01. The Morgan fingerprint density at radius 2 is 1.90 bits per heavy atom. The molecular weight excluding hydrogens is 429 g/mol. The molecule has 0 radical (unpaired) electrons. The van der Waals surface area contributed by atoms with Crippen molar-refractivity contribution in [3.05, 3.63) is 69.8 Å². The van der Waals surface area contributed by atoms with E-state index >= 15 is 0 Å². The van der Waals surface area contributed by atoms with Gasteiger partial charge in [-0.05, 0) is 12.1 Å². The molecule has 2 aromatic carbocycles. The second-order valence-corrected chi connectivity index (χ2v) is 7.83. The number of benzene rings is 2. The van der Waals surface area contributed by atoms with Gasteiger partial charge in [0.25, 0.3) is 11.6 Å². The third-order valence-electron chi connectivity index (χ3n) is 3.68. The van der Waals surface area contributed by atoms with Gasteiger partial charge in [-0.15, -0.1) is 0 Å². The minimum absolute atomic E-state index is 0.131. The topological polar surface area (TPSA) is 122 Å². The molecule has 30 heavy (non-hydrogen) atoms. The molecule has 0 saturated heterocycles. The molecule has 0 fully saturated rings. The zero-order valence-electron chi connectivity index (χ0n) is 15.3. The highest BCUT2D eigenvalue weighted by Gasteiger charge is 2.32. The number of sulfonamides is 1. The summed E-state index contributed by atoms with van der Waals surface area (Å²) >= 11 is 0. The Bertz CT molecular complexity index is 1090. The molecule has 2 rings (SSSR count). The zero-order chi connectivity index (χ0) is 22.5. The molecule has 0 aliphatic rings. The van der Waals surface area contributed by atoms with Gasteiger partial charge in [-0.25, -0.2) is 13.8 Å². The Labute approximate surface area is 169 Å². The highest BCUT2D eigenvalue weighted by molar-refractivity contribution is 7.92. The first-order chi connectivity index (χ1) is 13.9. The van der Waals surface area contributed by atoms with E-state index < -0.39 is 39.1 Å². The van der Waals surface area contributed by atoms with Crippen LogP contribution >= 0.6 is 0 Å². The number of non-ortho nitro benzene ring substituents is 1. The van der Waals surface area contributed by atoms with Crippen molar-refractivity contribution in [1.82, 2.24) is 5.43 Å². The monoisotopic (exact) mass is 444 g/mol. The standard InChI is InChI=1S/C17H15F3N4O5S/c1-30(28,29)23(13-6-4-7-14(9-13)24(26)27)11-16(25)22-21-10-12-5-2-3-8-15(12)17(18,19)20/h2-10H,11H2,1H3,(H,22,25)/b21-10-. The first kappa shape index (κ1) is 22.8. The second kappa shape index (κ2) is 8.90. The molecule has 0 heterocycles. The van der Waals surface area contributed by atoms with Crippen LogP contribution in [0.15, 0.2) is 53.6 Å². The van der Waals surface area contributed by atoms with Crippen molar-refractivity contribution in [2.75, 3.05) is 17.1 Å². The molecule has 9 nitrogen and oxygen atoms in total. The maximum Gasteiger partial charge on any atom is 0.417 e. The fourth-order valence-electron chi connectivity index (χ4n) is 2.37. The lowest BCUT2D eigenvalue weighted by molar-refractivity contribution is -0.384. The summed E-state index contributed by atoms with van der Waals surface area (Å²) in [6.45, 7) is -0.793. The fraction of sp³-hybridized carbons (Fsp3) is 0.176. The molecule has 1 amide bonds. The summed E-state index contributed by atoms with van der Waals surface area (Å²) in [7, 11) is -4.01. The Balaban J connectivity index is 2.18. The molecule has 0 bridgehead atoms. The predicted molar refractivity (Wildman–Crippen MR) is 102 cm³/mol. The molecule has 0 unspecified atom stereocenters. The molecule has 0 spiro atoms. The van der Waals surface area contributed by atoms with Crippen LogP contribution in [-0.2, 0) is 21.0 Å². The second-order valence-electron chi connectivity index (χ2n) is 5.92. The average Bonchev–Trinajstić information content (AvgIpc) is 2.65. The molecule has 13 heteroatoms. The zero-order valence-corrected chi connectivity index (χ0v) is 16.1. The molecule has 0 atom stereocenters. The lowest BCUT2D eigenvalue weighted by Gasteiger charge is -2.21. The smallest absolute Gasteiger partial charge is 0.271 e. The van der Waals surface area contributed by atoms with Crippen LogP contribution in [0.25, 0.3) is 0 Å². The maximum absolute atomic E-state index is 12.9. The summed E-state index contributed by atoms with van der Waals surface area (Å²) in [6, 6.07) is 9.15. The van der Waals surface area contributed by atoms with Crippen LogP contribution in [0.4, 0.5) is 24.5 Å². The van der Waals surface area contributed by atoms with Gasteiger partial charge in [0.2, 0.25) is 10.0 Å². The van der Waals surface area contributed by atoms with Crippen LogP contribution in [0, 0.1) is 10.1 Å². The minimum atomic E-state index is -4.62. The number of alkyl halides is 3. The van der Waals surface area contributed by atoms with Crippen LogP contribution in [0.5, 0.6) is 0 Å². The van der Waals surface area contributed by atoms with E-state index in [-0.39, 0.29) is 16.9 Å². The summed E-state index contributed by atoms with van der Waals surface area (Å²) in [5, 5.41) is 14.3. The normalized spacial score (nSPS) is 12.0. The predicted octanol–water partition coefficient (Wildman–Crippen LogP) is 2.53.